The third-order valence-electron chi connectivity index (χ3n) is 2.28. The van der Waals surface area contributed by atoms with E-state index < -0.39 is 0 Å². The molecule has 0 spiro atoms. The summed E-state index contributed by atoms with van der Waals surface area (Å²) < 4.78 is 0. The number of benzene rings is 1. The zero-order valence-electron chi connectivity index (χ0n) is 9.04. The van der Waals surface area contributed by atoms with Crippen molar-refractivity contribution >= 4 is 40.7 Å². The topological polar surface area (TPSA) is 63.8 Å². The summed E-state index contributed by atoms with van der Waals surface area (Å²) in [6.45, 7) is 1.91. The molecular weight excluding hydrogens is 259 g/mol. The minimum absolute atomic E-state index is 0.164. The van der Waals surface area contributed by atoms with Gasteiger partial charge in [0.15, 0.2) is 5.82 Å². The van der Waals surface area contributed by atoms with E-state index in [4.69, 9.17) is 28.9 Å². The predicted molar refractivity (Wildman–Crippen MR) is 70.9 cm³/mol. The molecule has 0 aliphatic heterocycles. The summed E-state index contributed by atoms with van der Waals surface area (Å²) in [5, 5.41) is 4.15. The molecule has 3 N–H and O–H groups in total. The molecule has 2 rings (SSSR count). The molecule has 1 heterocycles. The molecule has 88 valence electrons. The number of nitrogens with two attached hydrogens (primary N) is 1. The average molecular weight is 269 g/mol. The van der Waals surface area contributed by atoms with Crippen LogP contribution in [0.25, 0.3) is 0 Å². The van der Waals surface area contributed by atoms with Gasteiger partial charge in [0.25, 0.3) is 0 Å². The number of nitrogens with one attached hydrogen (secondary N) is 1. The van der Waals surface area contributed by atoms with E-state index in [0.717, 1.165) is 11.3 Å². The molecule has 0 saturated carbocycles. The maximum absolute atomic E-state index is 6.02. The average Bonchev–Trinajstić information content (AvgIpc) is 2.30. The summed E-state index contributed by atoms with van der Waals surface area (Å²) in [6, 6.07) is 5.55. The quantitative estimate of drug-likeness (QED) is 0.876. The van der Waals surface area contributed by atoms with Crippen LogP contribution in [0.5, 0.6) is 0 Å². The number of nitrogens with zero attached hydrogens (tertiary/aromatic N) is 2. The first-order valence-electron chi connectivity index (χ1n) is 4.88. The minimum Gasteiger partial charge on any atom is -0.368 e. The van der Waals surface area contributed by atoms with Crippen molar-refractivity contribution in [3.05, 3.63) is 40.0 Å². The van der Waals surface area contributed by atoms with Crippen LogP contribution in [-0.4, -0.2) is 9.97 Å². The zero-order chi connectivity index (χ0) is 12.4. The van der Waals surface area contributed by atoms with Crippen LogP contribution in [-0.2, 0) is 0 Å². The van der Waals surface area contributed by atoms with Gasteiger partial charge >= 0.3 is 0 Å². The lowest BCUT2D eigenvalue weighted by Crippen LogP contribution is -2.01. The van der Waals surface area contributed by atoms with Crippen LogP contribution in [0.4, 0.5) is 17.5 Å². The van der Waals surface area contributed by atoms with Crippen molar-refractivity contribution in [2.45, 2.75) is 6.92 Å². The molecule has 0 aliphatic rings. The van der Waals surface area contributed by atoms with E-state index in [9.17, 15) is 0 Å². The molecule has 4 nitrogen and oxygen atoms in total. The molecule has 0 bridgehead atoms. The molecule has 1 aromatic carbocycles. The van der Waals surface area contributed by atoms with Crippen LogP contribution in [0.3, 0.4) is 0 Å². The first kappa shape index (κ1) is 12.0. The van der Waals surface area contributed by atoms with E-state index in [2.05, 4.69) is 15.3 Å². The molecule has 0 unspecified atom stereocenters. The molecule has 0 amide bonds. The summed E-state index contributed by atoms with van der Waals surface area (Å²) in [4.78, 5) is 7.81. The number of halogens is 2. The van der Waals surface area contributed by atoms with Gasteiger partial charge in [0, 0.05) is 10.7 Å². The Labute approximate surface area is 109 Å². The van der Waals surface area contributed by atoms with E-state index >= 15 is 0 Å². The molecule has 1 aromatic heterocycles. The zero-order valence-corrected chi connectivity index (χ0v) is 10.5. The fourth-order valence-corrected chi connectivity index (χ4v) is 1.65. The summed E-state index contributed by atoms with van der Waals surface area (Å²) in [5.41, 5.74) is 7.25. The Morgan fingerprint density at radius 3 is 2.76 bits per heavy atom. The van der Waals surface area contributed by atoms with Crippen LogP contribution in [0, 0.1) is 6.92 Å². The molecular formula is C11H10Cl2N4. The largest absolute Gasteiger partial charge is 0.368 e. The van der Waals surface area contributed by atoms with E-state index in [1.54, 1.807) is 0 Å². The van der Waals surface area contributed by atoms with Gasteiger partial charge in [0.05, 0.1) is 6.20 Å². The summed E-state index contributed by atoms with van der Waals surface area (Å²) in [7, 11) is 0. The Bertz CT molecular complexity index is 557. The Morgan fingerprint density at radius 1 is 1.24 bits per heavy atom. The second-order valence-electron chi connectivity index (χ2n) is 3.46. The van der Waals surface area contributed by atoms with Gasteiger partial charge in [-0.25, -0.2) is 4.98 Å². The van der Waals surface area contributed by atoms with Crippen molar-refractivity contribution in [3.8, 4) is 0 Å². The number of anilines is 3. The number of rotatable bonds is 2. The van der Waals surface area contributed by atoms with Crippen molar-refractivity contribution in [1.29, 1.82) is 0 Å². The first-order valence-corrected chi connectivity index (χ1v) is 5.63. The maximum Gasteiger partial charge on any atom is 0.222 e. The van der Waals surface area contributed by atoms with Crippen LogP contribution in [0.15, 0.2) is 24.4 Å². The normalized spacial score (nSPS) is 10.3. The van der Waals surface area contributed by atoms with Crippen molar-refractivity contribution in [3.63, 3.8) is 0 Å². The second kappa shape index (κ2) is 4.77. The van der Waals surface area contributed by atoms with Crippen LogP contribution < -0.4 is 11.1 Å². The smallest absolute Gasteiger partial charge is 0.222 e. The lowest BCUT2D eigenvalue weighted by Gasteiger charge is -2.11. The maximum atomic E-state index is 6.02. The number of nitrogen functional groups attached to an aromatic ring is 1. The molecule has 0 fully saturated rings. The van der Waals surface area contributed by atoms with Crippen molar-refractivity contribution in [2.75, 3.05) is 11.1 Å². The van der Waals surface area contributed by atoms with Crippen LogP contribution in [0.1, 0.15) is 5.56 Å². The third kappa shape index (κ3) is 2.60. The highest BCUT2D eigenvalue weighted by Crippen LogP contribution is 2.28. The van der Waals surface area contributed by atoms with E-state index in [0.29, 0.717) is 15.9 Å². The summed E-state index contributed by atoms with van der Waals surface area (Å²) in [6.07, 6.45) is 1.45. The molecule has 0 atom stereocenters. The molecule has 2 aromatic rings. The van der Waals surface area contributed by atoms with E-state index in [-0.39, 0.29) is 5.95 Å². The monoisotopic (exact) mass is 268 g/mol. The second-order valence-corrected chi connectivity index (χ2v) is 4.28. The molecule has 0 saturated heterocycles. The van der Waals surface area contributed by atoms with Gasteiger partial charge in [0.2, 0.25) is 5.95 Å². The highest BCUT2D eigenvalue weighted by Gasteiger charge is 2.07. The Kier molecular flexibility index (Phi) is 3.36. The fraction of sp³-hybridized carbons (Fsp3) is 0.0909. The van der Waals surface area contributed by atoms with Gasteiger partial charge in [-0.05, 0) is 24.6 Å². The Morgan fingerprint density at radius 2 is 2.00 bits per heavy atom. The van der Waals surface area contributed by atoms with E-state index in [1.165, 1.54) is 6.20 Å². The molecule has 0 radical (unpaired) electrons. The predicted octanol–water partition coefficient (Wildman–Crippen LogP) is 3.42. The van der Waals surface area contributed by atoms with E-state index in [1.807, 2.05) is 25.1 Å². The van der Waals surface area contributed by atoms with Crippen LogP contribution >= 0.6 is 23.2 Å². The summed E-state index contributed by atoms with van der Waals surface area (Å²) in [5.74, 6) is 0.626. The number of aromatic nitrogens is 2. The number of hydrogen-bond donors (Lipinski definition) is 2. The van der Waals surface area contributed by atoms with Gasteiger partial charge in [-0.2, -0.15) is 4.98 Å². The summed E-state index contributed by atoms with van der Waals surface area (Å²) >= 11 is 12.0. The highest BCUT2D eigenvalue weighted by atomic mass is 35.5. The number of hydrogen-bond acceptors (Lipinski definition) is 4. The molecule has 17 heavy (non-hydrogen) atoms. The fourth-order valence-electron chi connectivity index (χ4n) is 1.34. The Balaban J connectivity index is 2.38. The first-order chi connectivity index (χ1) is 8.08. The van der Waals surface area contributed by atoms with Crippen LogP contribution in [0.2, 0.25) is 10.0 Å². The van der Waals surface area contributed by atoms with Gasteiger partial charge in [-0.3, -0.25) is 0 Å². The Hall–Kier alpha value is -1.52. The van der Waals surface area contributed by atoms with Crippen molar-refractivity contribution in [1.82, 2.24) is 9.97 Å². The highest BCUT2D eigenvalue weighted by molar-refractivity contribution is 6.33. The van der Waals surface area contributed by atoms with Crippen molar-refractivity contribution < 1.29 is 0 Å². The van der Waals surface area contributed by atoms with Gasteiger partial charge in [-0.15, -0.1) is 0 Å². The standard InChI is InChI=1S/C11H10Cl2N4/c1-6-7(12)3-2-4-9(6)16-10-8(13)5-15-11(14)17-10/h2-5H,1H3,(H3,14,15,16,17). The van der Waals surface area contributed by atoms with Gasteiger partial charge < -0.3 is 11.1 Å². The minimum atomic E-state index is 0.164. The van der Waals surface area contributed by atoms with Gasteiger partial charge in [-0.1, -0.05) is 29.3 Å². The SMILES string of the molecule is Cc1c(Cl)cccc1Nc1nc(N)ncc1Cl. The molecule has 0 aliphatic carbocycles. The van der Waals surface area contributed by atoms with Crippen molar-refractivity contribution in [2.24, 2.45) is 0 Å². The third-order valence-corrected chi connectivity index (χ3v) is 2.97. The lowest BCUT2D eigenvalue weighted by atomic mass is 10.2. The molecule has 6 heteroatoms. The van der Waals surface area contributed by atoms with Gasteiger partial charge in [0.1, 0.15) is 5.02 Å². The lowest BCUT2D eigenvalue weighted by molar-refractivity contribution is 1.18.